The molecule has 0 heterocycles. The molecule has 0 saturated carbocycles. The van der Waals surface area contributed by atoms with Crippen molar-refractivity contribution in [2.24, 2.45) is 5.73 Å². The molecule has 0 aliphatic carbocycles. The Morgan fingerprint density at radius 3 is 2.40 bits per heavy atom. The summed E-state index contributed by atoms with van der Waals surface area (Å²) in [6.07, 6.45) is -3.03. The number of unbranched alkanes of at least 4 members (excludes halogenated alkanes) is 1. The van der Waals surface area contributed by atoms with Crippen LogP contribution >= 0.6 is 0 Å². The van der Waals surface area contributed by atoms with Crippen molar-refractivity contribution in [3.05, 3.63) is 0 Å². The summed E-state index contributed by atoms with van der Waals surface area (Å²) < 4.78 is 36.3. The maximum absolute atomic E-state index is 12.1. The van der Waals surface area contributed by atoms with Crippen molar-refractivity contribution in [3.8, 4) is 0 Å². The van der Waals surface area contributed by atoms with Crippen LogP contribution in [-0.2, 0) is 4.79 Å². The van der Waals surface area contributed by atoms with Crippen LogP contribution in [0, 0.1) is 0 Å². The summed E-state index contributed by atoms with van der Waals surface area (Å²) in [5.41, 5.74) is 5.13. The highest BCUT2D eigenvalue weighted by Crippen LogP contribution is 2.17. The van der Waals surface area contributed by atoms with Crippen LogP contribution in [0.2, 0.25) is 0 Å². The topological polar surface area (TPSA) is 46.3 Å². The summed E-state index contributed by atoms with van der Waals surface area (Å²) in [5.74, 6) is -0.525. The molecule has 2 N–H and O–H groups in total. The van der Waals surface area contributed by atoms with Crippen molar-refractivity contribution in [2.75, 3.05) is 19.6 Å². The fourth-order valence-corrected chi connectivity index (χ4v) is 1.14. The Balaban J connectivity index is 4.23. The van der Waals surface area contributed by atoms with Gasteiger partial charge in [-0.25, -0.2) is 0 Å². The van der Waals surface area contributed by atoms with Gasteiger partial charge in [0.1, 0.15) is 6.54 Å². The van der Waals surface area contributed by atoms with E-state index in [0.717, 1.165) is 11.3 Å². The zero-order chi connectivity index (χ0) is 11.9. The van der Waals surface area contributed by atoms with E-state index in [1.165, 1.54) is 0 Å². The van der Waals surface area contributed by atoms with E-state index in [2.05, 4.69) is 0 Å². The lowest BCUT2D eigenvalue weighted by atomic mass is 10.3. The highest BCUT2D eigenvalue weighted by atomic mass is 19.4. The molecule has 0 radical (unpaired) electrons. The fourth-order valence-electron chi connectivity index (χ4n) is 1.14. The first kappa shape index (κ1) is 14.2. The highest BCUT2D eigenvalue weighted by Gasteiger charge is 2.32. The average molecular weight is 226 g/mol. The number of amides is 1. The molecule has 0 atom stereocenters. The van der Waals surface area contributed by atoms with Gasteiger partial charge in [0.2, 0.25) is 5.91 Å². The predicted molar refractivity (Wildman–Crippen MR) is 51.2 cm³/mol. The Morgan fingerprint density at radius 2 is 2.00 bits per heavy atom. The third-order valence-electron chi connectivity index (χ3n) is 1.86. The van der Waals surface area contributed by atoms with Crippen LogP contribution in [0.4, 0.5) is 13.2 Å². The lowest BCUT2D eigenvalue weighted by Gasteiger charge is -2.23. The van der Waals surface area contributed by atoms with Crippen LogP contribution in [0.25, 0.3) is 0 Å². The molecule has 6 heteroatoms. The normalized spacial score (nSPS) is 11.5. The number of hydrogen-bond acceptors (Lipinski definition) is 2. The molecule has 0 aromatic rings. The molecular formula is C9H17F3N2O. The monoisotopic (exact) mass is 226 g/mol. The smallest absolute Gasteiger partial charge is 0.334 e. The first-order chi connectivity index (χ1) is 6.90. The van der Waals surface area contributed by atoms with Gasteiger partial charge in [-0.05, 0) is 6.42 Å². The Morgan fingerprint density at radius 1 is 1.40 bits per heavy atom. The van der Waals surface area contributed by atoms with Gasteiger partial charge in [-0.1, -0.05) is 13.3 Å². The Labute approximate surface area is 87.4 Å². The quantitative estimate of drug-likeness (QED) is 0.746. The number of carbonyl (C=O) groups is 1. The number of rotatable bonds is 6. The molecule has 0 aliphatic rings. The first-order valence-corrected chi connectivity index (χ1v) is 4.95. The molecule has 1 amide bonds. The summed E-state index contributed by atoms with van der Waals surface area (Å²) in [5, 5.41) is 0. The number of alkyl halides is 3. The van der Waals surface area contributed by atoms with E-state index >= 15 is 0 Å². The van der Waals surface area contributed by atoms with E-state index in [1.54, 1.807) is 0 Å². The molecule has 0 fully saturated rings. The van der Waals surface area contributed by atoms with Crippen molar-refractivity contribution in [3.63, 3.8) is 0 Å². The number of halogens is 3. The number of carbonyl (C=O) groups excluding carboxylic acids is 1. The molecule has 0 aliphatic heterocycles. The second-order valence-corrected chi connectivity index (χ2v) is 3.32. The summed E-state index contributed by atoms with van der Waals surface area (Å²) >= 11 is 0. The fraction of sp³-hybridized carbons (Fsp3) is 0.889. The maximum atomic E-state index is 12.1. The molecule has 0 spiro atoms. The summed E-state index contributed by atoms with van der Waals surface area (Å²) in [6, 6.07) is 0. The number of nitrogens with zero attached hydrogens (tertiary/aromatic N) is 1. The van der Waals surface area contributed by atoms with Gasteiger partial charge in [0.25, 0.3) is 0 Å². The zero-order valence-corrected chi connectivity index (χ0v) is 8.81. The second kappa shape index (κ2) is 6.66. The molecule has 3 nitrogen and oxygen atoms in total. The van der Waals surface area contributed by atoms with Gasteiger partial charge in [-0.2, -0.15) is 13.2 Å². The van der Waals surface area contributed by atoms with Crippen LogP contribution < -0.4 is 5.73 Å². The Bertz CT molecular complexity index is 194. The van der Waals surface area contributed by atoms with Crippen molar-refractivity contribution < 1.29 is 18.0 Å². The van der Waals surface area contributed by atoms with E-state index in [4.69, 9.17) is 5.73 Å². The van der Waals surface area contributed by atoms with Gasteiger partial charge in [-0.15, -0.1) is 0 Å². The van der Waals surface area contributed by atoms with Crippen molar-refractivity contribution in [1.29, 1.82) is 0 Å². The van der Waals surface area contributed by atoms with Gasteiger partial charge in [0, 0.05) is 19.5 Å². The molecule has 15 heavy (non-hydrogen) atoms. The SMILES string of the molecule is CCCCN(CC(F)(F)F)C(=O)CCN. The third-order valence-corrected chi connectivity index (χ3v) is 1.86. The molecule has 0 bridgehead atoms. The molecule has 0 aromatic heterocycles. The summed E-state index contributed by atoms with van der Waals surface area (Å²) in [6.45, 7) is 0.916. The van der Waals surface area contributed by atoms with Crippen LogP contribution in [-0.4, -0.2) is 36.6 Å². The van der Waals surface area contributed by atoms with E-state index in [1.807, 2.05) is 6.92 Å². The van der Waals surface area contributed by atoms with Gasteiger partial charge in [-0.3, -0.25) is 4.79 Å². The lowest BCUT2D eigenvalue weighted by molar-refractivity contribution is -0.161. The minimum Gasteiger partial charge on any atom is -0.334 e. The van der Waals surface area contributed by atoms with E-state index in [-0.39, 0.29) is 19.5 Å². The first-order valence-electron chi connectivity index (χ1n) is 4.95. The van der Waals surface area contributed by atoms with Gasteiger partial charge >= 0.3 is 6.18 Å². The molecule has 0 rings (SSSR count). The number of hydrogen-bond donors (Lipinski definition) is 1. The Kier molecular flexibility index (Phi) is 6.31. The number of nitrogens with two attached hydrogens (primary N) is 1. The molecule has 0 saturated heterocycles. The minimum atomic E-state index is -4.34. The Hall–Kier alpha value is -0.780. The van der Waals surface area contributed by atoms with Crippen LogP contribution in [0.15, 0.2) is 0 Å². The van der Waals surface area contributed by atoms with Gasteiger partial charge in [0.15, 0.2) is 0 Å². The maximum Gasteiger partial charge on any atom is 0.406 e. The summed E-state index contributed by atoms with van der Waals surface area (Å²) in [4.78, 5) is 12.1. The van der Waals surface area contributed by atoms with Crippen molar-refractivity contribution >= 4 is 5.91 Å². The van der Waals surface area contributed by atoms with Gasteiger partial charge < -0.3 is 10.6 Å². The van der Waals surface area contributed by atoms with Gasteiger partial charge in [0.05, 0.1) is 0 Å². The predicted octanol–water partition coefficient (Wildman–Crippen LogP) is 1.53. The lowest BCUT2D eigenvalue weighted by Crippen LogP contribution is -2.40. The average Bonchev–Trinajstić information content (AvgIpc) is 2.10. The molecular weight excluding hydrogens is 209 g/mol. The van der Waals surface area contributed by atoms with E-state index in [9.17, 15) is 18.0 Å². The van der Waals surface area contributed by atoms with E-state index < -0.39 is 18.6 Å². The summed E-state index contributed by atoms with van der Waals surface area (Å²) in [7, 11) is 0. The third kappa shape index (κ3) is 7.18. The molecule has 90 valence electrons. The van der Waals surface area contributed by atoms with E-state index in [0.29, 0.717) is 6.42 Å². The van der Waals surface area contributed by atoms with Crippen LogP contribution in [0.1, 0.15) is 26.2 Å². The van der Waals surface area contributed by atoms with Crippen LogP contribution in [0.5, 0.6) is 0 Å². The molecule has 0 unspecified atom stereocenters. The minimum absolute atomic E-state index is 0.0280. The van der Waals surface area contributed by atoms with Crippen molar-refractivity contribution in [2.45, 2.75) is 32.4 Å². The standard InChI is InChI=1S/C9H17F3N2O/c1-2-3-6-14(7-9(10,11)12)8(15)4-5-13/h2-7,13H2,1H3. The zero-order valence-electron chi connectivity index (χ0n) is 8.81. The highest BCUT2D eigenvalue weighted by molar-refractivity contribution is 5.76. The van der Waals surface area contributed by atoms with Crippen molar-refractivity contribution in [1.82, 2.24) is 4.90 Å². The molecule has 0 aromatic carbocycles. The largest absolute Gasteiger partial charge is 0.406 e. The van der Waals surface area contributed by atoms with Crippen LogP contribution in [0.3, 0.4) is 0 Å². The second-order valence-electron chi connectivity index (χ2n) is 3.32.